The Kier molecular flexibility index (Phi) is 4.42. The minimum absolute atomic E-state index is 0.177. The van der Waals surface area contributed by atoms with Gasteiger partial charge >= 0.3 is 0 Å². The third-order valence-electron chi connectivity index (χ3n) is 3.24. The number of nitrogens with zero attached hydrogens (tertiary/aromatic N) is 3. The van der Waals surface area contributed by atoms with Crippen molar-refractivity contribution in [2.75, 3.05) is 26.2 Å². The summed E-state index contributed by atoms with van der Waals surface area (Å²) in [4.78, 5) is 10.6. The third-order valence-corrected chi connectivity index (χ3v) is 3.24. The summed E-state index contributed by atoms with van der Waals surface area (Å²) in [5.74, 6) is 0. The van der Waals surface area contributed by atoms with Gasteiger partial charge in [-0.15, -0.1) is 0 Å². The summed E-state index contributed by atoms with van der Waals surface area (Å²) in [6.07, 6.45) is 4.70. The maximum atomic E-state index is 5.88. The van der Waals surface area contributed by atoms with Gasteiger partial charge in [-0.1, -0.05) is 6.92 Å². The van der Waals surface area contributed by atoms with E-state index in [0.717, 1.165) is 31.8 Å². The largest absolute Gasteiger partial charge is 0.376 e. The number of ether oxygens (including phenoxy) is 1. The van der Waals surface area contributed by atoms with Crippen LogP contribution in [0.4, 0.5) is 0 Å². The molecule has 2 rings (SSSR count). The van der Waals surface area contributed by atoms with E-state index in [1.165, 1.54) is 0 Å². The maximum absolute atomic E-state index is 5.88. The molecular formula is C12H20N4O. The van der Waals surface area contributed by atoms with E-state index in [1.807, 2.05) is 6.07 Å². The minimum Gasteiger partial charge on any atom is -0.376 e. The number of rotatable bonds is 4. The van der Waals surface area contributed by atoms with Crippen molar-refractivity contribution in [1.82, 2.24) is 14.9 Å². The van der Waals surface area contributed by atoms with Crippen LogP contribution in [0.1, 0.15) is 25.1 Å². The fourth-order valence-corrected chi connectivity index (χ4v) is 2.23. The van der Waals surface area contributed by atoms with Gasteiger partial charge in [0.1, 0.15) is 6.33 Å². The van der Waals surface area contributed by atoms with Crippen molar-refractivity contribution in [3.63, 3.8) is 0 Å². The van der Waals surface area contributed by atoms with Crippen LogP contribution >= 0.6 is 0 Å². The molecule has 0 spiro atoms. The van der Waals surface area contributed by atoms with Crippen LogP contribution in [0.3, 0.4) is 0 Å². The average Bonchev–Trinajstić information content (AvgIpc) is 2.41. The van der Waals surface area contributed by atoms with E-state index in [1.54, 1.807) is 12.5 Å². The van der Waals surface area contributed by atoms with Crippen molar-refractivity contribution >= 4 is 0 Å². The lowest BCUT2D eigenvalue weighted by atomic mass is 10.1. The smallest absolute Gasteiger partial charge is 0.115 e. The molecule has 0 radical (unpaired) electrons. The van der Waals surface area contributed by atoms with Crippen LogP contribution in [-0.2, 0) is 4.74 Å². The molecule has 0 aromatic carbocycles. The molecule has 1 saturated heterocycles. The van der Waals surface area contributed by atoms with Gasteiger partial charge in [0.2, 0.25) is 0 Å². The van der Waals surface area contributed by atoms with E-state index < -0.39 is 0 Å². The van der Waals surface area contributed by atoms with Gasteiger partial charge in [0, 0.05) is 25.8 Å². The second-order valence-electron chi connectivity index (χ2n) is 4.28. The lowest BCUT2D eigenvalue weighted by Gasteiger charge is -2.37. The summed E-state index contributed by atoms with van der Waals surface area (Å²) >= 11 is 0. The Hall–Kier alpha value is -1.04. The summed E-state index contributed by atoms with van der Waals surface area (Å²) in [5.41, 5.74) is 6.88. The number of nitrogens with two attached hydrogens (primary N) is 1. The molecule has 1 aliphatic rings. The summed E-state index contributed by atoms with van der Waals surface area (Å²) in [5, 5.41) is 0. The molecule has 94 valence electrons. The highest BCUT2D eigenvalue weighted by molar-refractivity contribution is 5.06. The van der Waals surface area contributed by atoms with Crippen molar-refractivity contribution in [1.29, 1.82) is 0 Å². The van der Waals surface area contributed by atoms with E-state index in [2.05, 4.69) is 21.8 Å². The van der Waals surface area contributed by atoms with Crippen molar-refractivity contribution < 1.29 is 4.74 Å². The Morgan fingerprint density at radius 1 is 1.65 bits per heavy atom. The van der Waals surface area contributed by atoms with Crippen LogP contribution < -0.4 is 5.73 Å². The highest BCUT2D eigenvalue weighted by Gasteiger charge is 2.26. The first-order valence-electron chi connectivity index (χ1n) is 6.16. The van der Waals surface area contributed by atoms with Gasteiger partial charge in [-0.3, -0.25) is 4.90 Å². The monoisotopic (exact) mass is 236 g/mol. The first kappa shape index (κ1) is 12.4. The third kappa shape index (κ3) is 3.00. The molecule has 2 atom stereocenters. The molecular weight excluding hydrogens is 216 g/mol. The van der Waals surface area contributed by atoms with Crippen LogP contribution in [0.15, 0.2) is 18.6 Å². The molecule has 0 saturated carbocycles. The fraction of sp³-hybridized carbons (Fsp3) is 0.667. The van der Waals surface area contributed by atoms with E-state index >= 15 is 0 Å². The molecule has 2 unspecified atom stereocenters. The number of aromatic nitrogens is 2. The van der Waals surface area contributed by atoms with Crippen LogP contribution in [0.25, 0.3) is 0 Å². The van der Waals surface area contributed by atoms with E-state index in [0.29, 0.717) is 12.6 Å². The van der Waals surface area contributed by atoms with Crippen LogP contribution in [0.5, 0.6) is 0 Å². The van der Waals surface area contributed by atoms with Crippen LogP contribution in [0.2, 0.25) is 0 Å². The zero-order valence-corrected chi connectivity index (χ0v) is 10.2. The summed E-state index contributed by atoms with van der Waals surface area (Å²) in [6.45, 7) is 5.36. The van der Waals surface area contributed by atoms with Gasteiger partial charge in [0.05, 0.1) is 24.4 Å². The average molecular weight is 236 g/mol. The predicted molar refractivity (Wildman–Crippen MR) is 65.4 cm³/mol. The second-order valence-corrected chi connectivity index (χ2v) is 4.28. The first-order chi connectivity index (χ1) is 8.35. The Morgan fingerprint density at radius 3 is 3.18 bits per heavy atom. The second kappa shape index (κ2) is 6.05. The van der Waals surface area contributed by atoms with E-state index in [-0.39, 0.29) is 6.04 Å². The quantitative estimate of drug-likeness (QED) is 0.828. The normalized spacial score (nSPS) is 23.5. The zero-order valence-electron chi connectivity index (χ0n) is 10.2. The number of hydrogen-bond acceptors (Lipinski definition) is 5. The highest BCUT2D eigenvalue weighted by Crippen LogP contribution is 2.20. The van der Waals surface area contributed by atoms with Gasteiger partial charge in [-0.2, -0.15) is 0 Å². The van der Waals surface area contributed by atoms with Crippen LogP contribution in [0, 0.1) is 0 Å². The lowest BCUT2D eigenvalue weighted by molar-refractivity contribution is -0.0442. The molecule has 1 aromatic heterocycles. The van der Waals surface area contributed by atoms with Gasteiger partial charge in [0.25, 0.3) is 0 Å². The molecule has 17 heavy (non-hydrogen) atoms. The molecule has 5 heteroatoms. The number of hydrogen-bond donors (Lipinski definition) is 1. The van der Waals surface area contributed by atoms with Gasteiger partial charge in [0.15, 0.2) is 0 Å². The maximum Gasteiger partial charge on any atom is 0.115 e. The van der Waals surface area contributed by atoms with Gasteiger partial charge < -0.3 is 10.5 Å². The van der Waals surface area contributed by atoms with Gasteiger partial charge in [-0.05, 0) is 12.5 Å². The van der Waals surface area contributed by atoms with Crippen LogP contribution in [-0.4, -0.2) is 47.2 Å². The summed E-state index contributed by atoms with van der Waals surface area (Å²) in [6, 6.07) is 2.12. The zero-order chi connectivity index (χ0) is 12.1. The predicted octanol–water partition coefficient (Wildman–Crippen LogP) is 0.587. The molecule has 1 aromatic rings. The molecule has 0 amide bonds. The fourth-order valence-electron chi connectivity index (χ4n) is 2.23. The van der Waals surface area contributed by atoms with Crippen molar-refractivity contribution in [2.45, 2.75) is 25.5 Å². The van der Waals surface area contributed by atoms with Crippen molar-refractivity contribution in [3.8, 4) is 0 Å². The summed E-state index contributed by atoms with van der Waals surface area (Å²) < 4.78 is 5.67. The van der Waals surface area contributed by atoms with E-state index in [4.69, 9.17) is 10.5 Å². The van der Waals surface area contributed by atoms with Crippen molar-refractivity contribution in [3.05, 3.63) is 24.3 Å². The van der Waals surface area contributed by atoms with Crippen molar-refractivity contribution in [2.24, 2.45) is 5.73 Å². The molecule has 5 nitrogen and oxygen atoms in total. The topological polar surface area (TPSA) is 64.3 Å². The molecule has 0 bridgehead atoms. The molecule has 1 fully saturated rings. The first-order valence-corrected chi connectivity index (χ1v) is 6.16. The lowest BCUT2D eigenvalue weighted by Crippen LogP contribution is -2.46. The SMILES string of the molecule is CCC1CN(C(CN)c2ccncn2)CCO1. The molecule has 0 aliphatic carbocycles. The summed E-state index contributed by atoms with van der Waals surface area (Å²) in [7, 11) is 0. The Morgan fingerprint density at radius 2 is 2.53 bits per heavy atom. The Labute approximate surface area is 102 Å². The highest BCUT2D eigenvalue weighted by atomic mass is 16.5. The standard InChI is InChI=1S/C12H20N4O/c1-2-10-8-16(5-6-17-10)12(7-13)11-3-4-14-9-15-11/h3-4,9-10,12H,2,5-8,13H2,1H3. The number of morpholine rings is 1. The van der Waals surface area contributed by atoms with Gasteiger partial charge in [-0.25, -0.2) is 9.97 Å². The minimum atomic E-state index is 0.177. The van der Waals surface area contributed by atoms with E-state index in [9.17, 15) is 0 Å². The Balaban J connectivity index is 2.08. The molecule has 2 heterocycles. The molecule has 2 N–H and O–H groups in total. The Bertz CT molecular complexity index is 333. The molecule has 1 aliphatic heterocycles.